The van der Waals surface area contributed by atoms with E-state index in [9.17, 15) is 0 Å². The molecule has 1 aromatic heterocycles. The normalized spacial score (nSPS) is 20.6. The number of benzene rings is 1. The maximum absolute atomic E-state index is 5.88. The van der Waals surface area contributed by atoms with Gasteiger partial charge in [0.15, 0.2) is 0 Å². The number of aryl methyl sites for hydroxylation is 1. The Balaban J connectivity index is 1.78. The lowest BCUT2D eigenvalue weighted by atomic mass is 9.74. The first-order valence-corrected chi connectivity index (χ1v) is 7.40. The van der Waals surface area contributed by atoms with Crippen LogP contribution in [0.1, 0.15) is 49.0 Å². The molecule has 0 spiro atoms. The average molecular weight is 269 g/mol. The molecule has 1 heterocycles. The molecule has 1 aliphatic rings. The summed E-state index contributed by atoms with van der Waals surface area (Å²) >= 11 is 0. The summed E-state index contributed by atoms with van der Waals surface area (Å²) in [5.74, 6) is 2.20. The van der Waals surface area contributed by atoms with Gasteiger partial charge < -0.3 is 9.73 Å². The van der Waals surface area contributed by atoms with Crippen LogP contribution in [0.25, 0.3) is 0 Å². The van der Waals surface area contributed by atoms with Crippen molar-refractivity contribution in [1.29, 1.82) is 0 Å². The molecule has 1 aromatic carbocycles. The zero-order chi connectivity index (χ0) is 14.2. The zero-order valence-electron chi connectivity index (χ0n) is 12.6. The number of hydrogen-bond acceptors (Lipinski definition) is 2. The Morgan fingerprint density at radius 1 is 1.25 bits per heavy atom. The van der Waals surface area contributed by atoms with Crippen molar-refractivity contribution in [3.05, 3.63) is 59.0 Å². The van der Waals surface area contributed by atoms with Crippen LogP contribution in [0.4, 0.5) is 0 Å². The first-order chi connectivity index (χ1) is 9.53. The summed E-state index contributed by atoms with van der Waals surface area (Å²) < 4.78 is 5.88. The predicted octanol–water partition coefficient (Wildman–Crippen LogP) is 4.39. The van der Waals surface area contributed by atoms with E-state index in [2.05, 4.69) is 55.6 Å². The van der Waals surface area contributed by atoms with Crippen LogP contribution in [0.2, 0.25) is 0 Å². The molecule has 0 radical (unpaired) electrons. The first-order valence-electron chi connectivity index (χ1n) is 7.40. The molecule has 0 saturated carbocycles. The van der Waals surface area contributed by atoms with Crippen LogP contribution in [0, 0.1) is 12.3 Å². The Morgan fingerprint density at radius 3 is 2.75 bits per heavy atom. The molecule has 1 N–H and O–H groups in total. The molecule has 0 saturated heterocycles. The second-order valence-electron chi connectivity index (χ2n) is 6.70. The number of nitrogens with one attached hydrogen (secondary N) is 1. The summed E-state index contributed by atoms with van der Waals surface area (Å²) in [5, 5.41) is 3.70. The molecule has 3 rings (SSSR count). The van der Waals surface area contributed by atoms with E-state index in [1.165, 1.54) is 16.9 Å². The monoisotopic (exact) mass is 269 g/mol. The molecule has 106 valence electrons. The lowest BCUT2D eigenvalue weighted by Gasteiger charge is -2.35. The quantitative estimate of drug-likeness (QED) is 0.894. The highest BCUT2D eigenvalue weighted by Crippen LogP contribution is 2.42. The fraction of sp³-hybridized carbons (Fsp3) is 0.444. The van der Waals surface area contributed by atoms with Gasteiger partial charge in [-0.25, -0.2) is 0 Å². The zero-order valence-corrected chi connectivity index (χ0v) is 12.6. The Bertz CT molecular complexity index is 583. The molecule has 1 unspecified atom stereocenters. The van der Waals surface area contributed by atoms with Crippen molar-refractivity contribution in [3.63, 3.8) is 0 Å². The van der Waals surface area contributed by atoms with Gasteiger partial charge in [0.2, 0.25) is 0 Å². The third-order valence-electron chi connectivity index (χ3n) is 4.13. The van der Waals surface area contributed by atoms with Gasteiger partial charge in [-0.3, -0.25) is 0 Å². The molecule has 0 aliphatic heterocycles. The molecule has 0 bridgehead atoms. The van der Waals surface area contributed by atoms with Crippen LogP contribution in [0.3, 0.4) is 0 Å². The van der Waals surface area contributed by atoms with Crippen molar-refractivity contribution >= 4 is 0 Å². The third kappa shape index (κ3) is 2.80. The number of hydrogen-bond donors (Lipinski definition) is 1. The van der Waals surface area contributed by atoms with Crippen molar-refractivity contribution in [1.82, 2.24) is 5.32 Å². The van der Waals surface area contributed by atoms with E-state index in [1.807, 2.05) is 6.92 Å². The lowest BCUT2D eigenvalue weighted by Crippen LogP contribution is -2.32. The summed E-state index contributed by atoms with van der Waals surface area (Å²) in [5.41, 5.74) is 2.99. The van der Waals surface area contributed by atoms with E-state index in [4.69, 9.17) is 4.42 Å². The van der Waals surface area contributed by atoms with Crippen LogP contribution < -0.4 is 5.32 Å². The van der Waals surface area contributed by atoms with Gasteiger partial charge in [0.05, 0.1) is 0 Å². The van der Waals surface area contributed by atoms with Crippen LogP contribution in [0.5, 0.6) is 0 Å². The summed E-state index contributed by atoms with van der Waals surface area (Å²) in [7, 11) is 0. The SMILES string of the molecule is Cc1cc2c(o1)CC(C)(C)CC2NCc1ccccc1. The van der Waals surface area contributed by atoms with E-state index >= 15 is 0 Å². The van der Waals surface area contributed by atoms with Gasteiger partial charge >= 0.3 is 0 Å². The molecule has 0 amide bonds. The van der Waals surface area contributed by atoms with Crippen LogP contribution >= 0.6 is 0 Å². The van der Waals surface area contributed by atoms with Crippen molar-refractivity contribution in [2.45, 2.75) is 46.2 Å². The van der Waals surface area contributed by atoms with Gasteiger partial charge in [-0.15, -0.1) is 0 Å². The van der Waals surface area contributed by atoms with Crippen molar-refractivity contribution in [3.8, 4) is 0 Å². The molecule has 1 atom stereocenters. The highest BCUT2D eigenvalue weighted by Gasteiger charge is 2.34. The van der Waals surface area contributed by atoms with Crippen LogP contribution in [-0.4, -0.2) is 0 Å². The Labute approximate surface area is 121 Å². The van der Waals surface area contributed by atoms with E-state index in [0.29, 0.717) is 11.5 Å². The summed E-state index contributed by atoms with van der Waals surface area (Å²) in [4.78, 5) is 0. The minimum atomic E-state index is 0.297. The Hall–Kier alpha value is -1.54. The lowest BCUT2D eigenvalue weighted by molar-refractivity contribution is 0.233. The molecule has 2 nitrogen and oxygen atoms in total. The van der Waals surface area contributed by atoms with Gasteiger partial charge in [0.1, 0.15) is 11.5 Å². The second kappa shape index (κ2) is 5.10. The molecule has 2 aromatic rings. The predicted molar refractivity (Wildman–Crippen MR) is 81.6 cm³/mol. The maximum Gasteiger partial charge on any atom is 0.109 e. The van der Waals surface area contributed by atoms with Gasteiger partial charge in [-0.05, 0) is 30.4 Å². The topological polar surface area (TPSA) is 25.2 Å². The number of rotatable bonds is 3. The molecule has 20 heavy (non-hydrogen) atoms. The molecular weight excluding hydrogens is 246 g/mol. The van der Waals surface area contributed by atoms with Crippen LogP contribution in [0.15, 0.2) is 40.8 Å². The molecule has 1 aliphatic carbocycles. The largest absolute Gasteiger partial charge is 0.466 e. The first kappa shape index (κ1) is 13.4. The number of furan rings is 1. The fourth-order valence-corrected chi connectivity index (χ4v) is 3.20. The molecule has 2 heteroatoms. The van der Waals surface area contributed by atoms with Crippen molar-refractivity contribution in [2.75, 3.05) is 0 Å². The summed E-state index contributed by atoms with van der Waals surface area (Å²) in [6, 6.07) is 13.2. The van der Waals surface area contributed by atoms with E-state index in [0.717, 1.165) is 25.1 Å². The average Bonchev–Trinajstić information content (AvgIpc) is 2.76. The van der Waals surface area contributed by atoms with E-state index in [1.54, 1.807) is 0 Å². The summed E-state index contributed by atoms with van der Waals surface area (Å²) in [6.07, 6.45) is 2.20. The van der Waals surface area contributed by atoms with Crippen molar-refractivity contribution < 1.29 is 4.42 Å². The minimum absolute atomic E-state index is 0.297. The maximum atomic E-state index is 5.88. The molecular formula is C18H23NO. The van der Waals surface area contributed by atoms with E-state index < -0.39 is 0 Å². The fourth-order valence-electron chi connectivity index (χ4n) is 3.20. The van der Waals surface area contributed by atoms with Gasteiger partial charge in [0.25, 0.3) is 0 Å². The van der Waals surface area contributed by atoms with Crippen molar-refractivity contribution in [2.24, 2.45) is 5.41 Å². The highest BCUT2D eigenvalue weighted by atomic mass is 16.3. The van der Waals surface area contributed by atoms with Gasteiger partial charge in [-0.1, -0.05) is 44.2 Å². The molecule has 0 fully saturated rings. The smallest absolute Gasteiger partial charge is 0.109 e. The number of fused-ring (bicyclic) bond motifs is 1. The van der Waals surface area contributed by atoms with Gasteiger partial charge in [-0.2, -0.15) is 0 Å². The van der Waals surface area contributed by atoms with Gasteiger partial charge in [0, 0.05) is 24.6 Å². The Morgan fingerprint density at radius 2 is 2.00 bits per heavy atom. The standard InChI is InChI=1S/C18H23NO/c1-13-9-15-16(10-18(2,3)11-17(15)20-13)19-12-14-7-5-4-6-8-14/h4-9,16,19H,10-12H2,1-3H3. The minimum Gasteiger partial charge on any atom is -0.466 e. The summed E-state index contributed by atoms with van der Waals surface area (Å²) in [6.45, 7) is 7.60. The Kier molecular flexibility index (Phi) is 3.43. The second-order valence-corrected chi connectivity index (χ2v) is 6.70. The van der Waals surface area contributed by atoms with E-state index in [-0.39, 0.29) is 0 Å². The highest BCUT2D eigenvalue weighted by molar-refractivity contribution is 5.29. The van der Waals surface area contributed by atoms with Crippen LogP contribution in [-0.2, 0) is 13.0 Å². The third-order valence-corrected chi connectivity index (χ3v) is 4.13.